The lowest BCUT2D eigenvalue weighted by Gasteiger charge is -2.30. The van der Waals surface area contributed by atoms with E-state index >= 15 is 0 Å². The first-order valence-corrected chi connectivity index (χ1v) is 4.77. The molecular formula is C10H18N2O2. The highest BCUT2D eigenvalue weighted by Crippen LogP contribution is 2.11. The topological polar surface area (TPSA) is 32.8 Å². The zero-order valence-electron chi connectivity index (χ0n) is 9.28. The Morgan fingerprint density at radius 1 is 1.36 bits per heavy atom. The maximum Gasteiger partial charge on any atom is 0.424 e. The lowest BCUT2D eigenvalue weighted by atomic mass is 10.2. The van der Waals surface area contributed by atoms with E-state index < -0.39 is 5.60 Å². The number of hydrazine groups is 1. The number of carbonyl (C=O) groups is 1. The lowest BCUT2D eigenvalue weighted by Crippen LogP contribution is -2.44. The maximum atomic E-state index is 11.6. The largest absolute Gasteiger partial charge is 0.443 e. The molecule has 1 aliphatic heterocycles. The van der Waals surface area contributed by atoms with Gasteiger partial charge in [0, 0.05) is 20.1 Å². The van der Waals surface area contributed by atoms with Crippen LogP contribution >= 0.6 is 0 Å². The molecule has 14 heavy (non-hydrogen) atoms. The van der Waals surface area contributed by atoms with E-state index in [1.165, 1.54) is 5.01 Å². The van der Waals surface area contributed by atoms with Gasteiger partial charge in [0.15, 0.2) is 0 Å². The summed E-state index contributed by atoms with van der Waals surface area (Å²) < 4.78 is 5.23. The number of rotatable bonds is 1. The van der Waals surface area contributed by atoms with Crippen LogP contribution in [0.1, 0.15) is 20.8 Å². The van der Waals surface area contributed by atoms with E-state index in [1.807, 2.05) is 37.9 Å². The summed E-state index contributed by atoms with van der Waals surface area (Å²) in [4.78, 5) is 11.6. The fourth-order valence-electron chi connectivity index (χ4n) is 1.16. The van der Waals surface area contributed by atoms with E-state index in [4.69, 9.17) is 4.74 Å². The smallest absolute Gasteiger partial charge is 0.424 e. The minimum absolute atomic E-state index is 0.304. The molecule has 4 heteroatoms. The summed E-state index contributed by atoms with van der Waals surface area (Å²) in [6.07, 6.45) is 3.75. The van der Waals surface area contributed by atoms with E-state index in [-0.39, 0.29) is 6.09 Å². The van der Waals surface area contributed by atoms with Crippen molar-refractivity contribution in [2.75, 3.05) is 20.1 Å². The average molecular weight is 198 g/mol. The minimum atomic E-state index is -0.432. The zero-order chi connectivity index (χ0) is 10.8. The first-order valence-electron chi connectivity index (χ1n) is 4.77. The molecule has 0 aromatic carbocycles. The molecule has 0 unspecified atom stereocenters. The Bertz CT molecular complexity index is 235. The Morgan fingerprint density at radius 3 is 2.29 bits per heavy atom. The molecule has 0 aromatic rings. The number of hydrogen-bond donors (Lipinski definition) is 0. The third-order valence-electron chi connectivity index (χ3n) is 1.88. The van der Waals surface area contributed by atoms with Gasteiger partial charge < -0.3 is 4.74 Å². The average Bonchev–Trinajstić information content (AvgIpc) is 2.51. The summed E-state index contributed by atoms with van der Waals surface area (Å²) >= 11 is 0. The highest BCUT2D eigenvalue weighted by molar-refractivity contribution is 5.67. The van der Waals surface area contributed by atoms with Gasteiger partial charge in [0.25, 0.3) is 0 Å². The summed E-state index contributed by atoms with van der Waals surface area (Å²) in [5, 5.41) is 3.43. The van der Waals surface area contributed by atoms with Gasteiger partial charge in [-0.15, -0.1) is 0 Å². The van der Waals surface area contributed by atoms with Crippen LogP contribution in [0.2, 0.25) is 0 Å². The summed E-state index contributed by atoms with van der Waals surface area (Å²) in [5.41, 5.74) is -0.432. The highest BCUT2D eigenvalue weighted by Gasteiger charge is 2.23. The molecule has 1 amide bonds. The summed E-state index contributed by atoms with van der Waals surface area (Å²) in [5.74, 6) is 0. The van der Waals surface area contributed by atoms with Gasteiger partial charge in [0.05, 0.1) is 0 Å². The molecule has 0 atom stereocenters. The van der Waals surface area contributed by atoms with Crippen LogP contribution in [0, 0.1) is 0 Å². The first-order chi connectivity index (χ1) is 6.40. The van der Waals surface area contributed by atoms with Gasteiger partial charge in [0.2, 0.25) is 0 Å². The number of nitrogens with zero attached hydrogens (tertiary/aromatic N) is 2. The van der Waals surface area contributed by atoms with Crippen LogP contribution in [0.25, 0.3) is 0 Å². The Morgan fingerprint density at radius 2 is 1.86 bits per heavy atom. The van der Waals surface area contributed by atoms with Crippen molar-refractivity contribution in [2.45, 2.75) is 26.4 Å². The first kappa shape index (κ1) is 11.0. The molecule has 0 aliphatic carbocycles. The number of hydrogen-bond acceptors (Lipinski definition) is 3. The molecule has 1 aliphatic rings. The van der Waals surface area contributed by atoms with Crippen molar-refractivity contribution < 1.29 is 9.53 Å². The van der Waals surface area contributed by atoms with Crippen LogP contribution in [-0.2, 0) is 4.74 Å². The van der Waals surface area contributed by atoms with E-state index in [1.54, 1.807) is 7.05 Å². The molecule has 0 radical (unpaired) electrons. The zero-order valence-corrected chi connectivity index (χ0v) is 9.28. The molecule has 0 saturated carbocycles. The second-order valence-corrected chi connectivity index (χ2v) is 4.35. The summed E-state index contributed by atoms with van der Waals surface area (Å²) in [6, 6.07) is 0. The van der Waals surface area contributed by atoms with Crippen molar-refractivity contribution in [3.63, 3.8) is 0 Å². The van der Waals surface area contributed by atoms with Gasteiger partial charge in [-0.3, -0.25) is 0 Å². The quantitative estimate of drug-likeness (QED) is 0.600. The van der Waals surface area contributed by atoms with Crippen LogP contribution in [0.4, 0.5) is 4.79 Å². The van der Waals surface area contributed by atoms with Crippen molar-refractivity contribution in [2.24, 2.45) is 0 Å². The Hall–Kier alpha value is -1.03. The van der Waals surface area contributed by atoms with Crippen LogP contribution in [0.15, 0.2) is 12.2 Å². The highest BCUT2D eigenvalue weighted by atomic mass is 16.6. The fourth-order valence-corrected chi connectivity index (χ4v) is 1.16. The Labute approximate surface area is 85.1 Å². The van der Waals surface area contributed by atoms with Gasteiger partial charge in [-0.25, -0.2) is 14.8 Å². The molecule has 0 spiro atoms. The van der Waals surface area contributed by atoms with Gasteiger partial charge in [-0.1, -0.05) is 12.2 Å². The van der Waals surface area contributed by atoms with Gasteiger partial charge in [-0.05, 0) is 20.8 Å². The van der Waals surface area contributed by atoms with E-state index in [0.717, 1.165) is 13.1 Å². The third kappa shape index (κ3) is 3.03. The normalized spacial score (nSPS) is 17.1. The van der Waals surface area contributed by atoms with Crippen molar-refractivity contribution in [1.29, 1.82) is 0 Å². The monoisotopic (exact) mass is 198 g/mol. The van der Waals surface area contributed by atoms with Gasteiger partial charge >= 0.3 is 6.09 Å². The second-order valence-electron chi connectivity index (χ2n) is 4.35. The molecule has 80 valence electrons. The lowest BCUT2D eigenvalue weighted by molar-refractivity contribution is -0.0250. The van der Waals surface area contributed by atoms with Gasteiger partial charge in [-0.2, -0.15) is 0 Å². The molecule has 0 fully saturated rings. The van der Waals surface area contributed by atoms with E-state index in [9.17, 15) is 4.79 Å². The molecule has 1 heterocycles. The van der Waals surface area contributed by atoms with Crippen LogP contribution in [-0.4, -0.2) is 41.8 Å². The molecular weight excluding hydrogens is 180 g/mol. The Kier molecular flexibility index (Phi) is 3.16. The molecule has 1 rings (SSSR count). The molecule has 0 N–H and O–H groups in total. The minimum Gasteiger partial charge on any atom is -0.443 e. The van der Waals surface area contributed by atoms with Crippen LogP contribution < -0.4 is 0 Å². The summed E-state index contributed by atoms with van der Waals surface area (Å²) in [7, 11) is 1.72. The number of carbonyl (C=O) groups excluding carboxylic acids is 1. The maximum absolute atomic E-state index is 11.6. The van der Waals surface area contributed by atoms with E-state index in [0.29, 0.717) is 0 Å². The van der Waals surface area contributed by atoms with Crippen LogP contribution in [0.5, 0.6) is 0 Å². The SMILES string of the molecule is CN(C(=O)OC(C)(C)C)N1CC=CC1. The predicted octanol–water partition coefficient (Wildman–Crippen LogP) is 1.64. The number of ether oxygens (including phenoxy) is 1. The summed E-state index contributed by atoms with van der Waals surface area (Å²) in [6.45, 7) is 7.13. The van der Waals surface area contributed by atoms with Gasteiger partial charge in [0.1, 0.15) is 5.60 Å². The third-order valence-corrected chi connectivity index (χ3v) is 1.88. The molecule has 0 saturated heterocycles. The second kappa shape index (κ2) is 4.00. The van der Waals surface area contributed by atoms with Crippen molar-refractivity contribution >= 4 is 6.09 Å². The molecule has 0 aromatic heterocycles. The molecule has 0 bridgehead atoms. The van der Waals surface area contributed by atoms with Crippen molar-refractivity contribution in [1.82, 2.24) is 10.0 Å². The van der Waals surface area contributed by atoms with Crippen molar-refractivity contribution in [3.05, 3.63) is 12.2 Å². The van der Waals surface area contributed by atoms with Crippen LogP contribution in [0.3, 0.4) is 0 Å². The predicted molar refractivity (Wildman–Crippen MR) is 54.7 cm³/mol. The Balaban J connectivity index is 2.44. The number of amides is 1. The molecule has 4 nitrogen and oxygen atoms in total. The standard InChI is InChI=1S/C10H18N2O2/c1-10(2,3)14-9(13)11(4)12-7-5-6-8-12/h5-6H,7-8H2,1-4H3. The van der Waals surface area contributed by atoms with E-state index in [2.05, 4.69) is 0 Å². The fraction of sp³-hybridized carbons (Fsp3) is 0.700. The van der Waals surface area contributed by atoms with Crippen molar-refractivity contribution in [3.8, 4) is 0 Å².